The number of rotatable bonds is 4. The molecule has 0 atom stereocenters. The summed E-state index contributed by atoms with van der Waals surface area (Å²) < 4.78 is 0. The Hall–Kier alpha value is -2.68. The van der Waals surface area contributed by atoms with Crippen LogP contribution in [0.3, 0.4) is 0 Å². The van der Waals surface area contributed by atoms with Crippen LogP contribution in [0.25, 0.3) is 0 Å². The van der Waals surface area contributed by atoms with Crippen LogP contribution >= 0.6 is 11.8 Å². The van der Waals surface area contributed by atoms with Crippen molar-refractivity contribution in [2.75, 3.05) is 0 Å². The SMILES string of the molecule is Cc1cc(=O)[nH]c(Sc2ccc(C(=O)O)cc2[N+](=O)[O-])n1. The van der Waals surface area contributed by atoms with E-state index in [0.29, 0.717) is 5.69 Å². The first-order valence-electron chi connectivity index (χ1n) is 5.64. The van der Waals surface area contributed by atoms with Gasteiger partial charge in [-0.1, -0.05) is 0 Å². The van der Waals surface area contributed by atoms with Gasteiger partial charge in [-0.3, -0.25) is 14.9 Å². The third-order valence-electron chi connectivity index (χ3n) is 2.46. The molecule has 0 aliphatic rings. The first kappa shape index (κ1) is 14.7. The van der Waals surface area contributed by atoms with E-state index in [2.05, 4.69) is 9.97 Å². The quantitative estimate of drug-likeness (QED) is 0.501. The van der Waals surface area contributed by atoms with E-state index in [0.717, 1.165) is 17.8 Å². The number of aryl methyl sites for hydroxylation is 1. The molecule has 2 rings (SSSR count). The van der Waals surface area contributed by atoms with Crippen molar-refractivity contribution in [3.8, 4) is 0 Å². The van der Waals surface area contributed by atoms with Crippen molar-refractivity contribution in [2.45, 2.75) is 17.0 Å². The van der Waals surface area contributed by atoms with Gasteiger partial charge in [0.25, 0.3) is 11.2 Å². The van der Waals surface area contributed by atoms with Gasteiger partial charge in [-0.2, -0.15) is 0 Å². The summed E-state index contributed by atoms with van der Waals surface area (Å²) in [5.74, 6) is -1.25. The predicted molar refractivity (Wildman–Crippen MR) is 73.8 cm³/mol. The highest BCUT2D eigenvalue weighted by atomic mass is 32.2. The minimum absolute atomic E-state index is 0.184. The predicted octanol–water partition coefficient (Wildman–Crippen LogP) is 1.84. The number of aromatic nitrogens is 2. The van der Waals surface area contributed by atoms with Gasteiger partial charge in [0.05, 0.1) is 15.4 Å². The Kier molecular flexibility index (Phi) is 4.03. The van der Waals surface area contributed by atoms with Crippen molar-refractivity contribution >= 4 is 23.4 Å². The summed E-state index contributed by atoms with van der Waals surface area (Å²) in [5, 5.41) is 20.1. The van der Waals surface area contributed by atoms with Crippen LogP contribution in [0.5, 0.6) is 0 Å². The molecular weight excluding hydrogens is 298 g/mol. The van der Waals surface area contributed by atoms with Crippen LogP contribution in [0.2, 0.25) is 0 Å². The lowest BCUT2D eigenvalue weighted by Gasteiger charge is -2.04. The number of hydrogen-bond acceptors (Lipinski definition) is 6. The largest absolute Gasteiger partial charge is 0.478 e. The molecule has 0 saturated heterocycles. The van der Waals surface area contributed by atoms with E-state index >= 15 is 0 Å². The van der Waals surface area contributed by atoms with Crippen molar-refractivity contribution in [3.63, 3.8) is 0 Å². The first-order chi connectivity index (χ1) is 9.86. The molecule has 2 N–H and O–H groups in total. The summed E-state index contributed by atoms with van der Waals surface area (Å²) >= 11 is 0.890. The van der Waals surface area contributed by atoms with Crippen LogP contribution in [0, 0.1) is 17.0 Å². The van der Waals surface area contributed by atoms with Gasteiger partial charge in [0.2, 0.25) is 0 Å². The number of nitro benzene ring substituents is 1. The normalized spacial score (nSPS) is 10.3. The van der Waals surface area contributed by atoms with Crippen molar-refractivity contribution < 1.29 is 14.8 Å². The number of H-pyrrole nitrogens is 1. The molecule has 9 heteroatoms. The zero-order valence-electron chi connectivity index (χ0n) is 10.7. The highest BCUT2D eigenvalue weighted by Gasteiger charge is 2.19. The van der Waals surface area contributed by atoms with Gasteiger partial charge in [0, 0.05) is 17.8 Å². The molecule has 108 valence electrons. The lowest BCUT2D eigenvalue weighted by molar-refractivity contribution is -0.387. The third-order valence-corrected chi connectivity index (χ3v) is 3.41. The third kappa shape index (κ3) is 3.45. The van der Waals surface area contributed by atoms with E-state index < -0.39 is 10.9 Å². The average Bonchev–Trinajstić information content (AvgIpc) is 2.37. The maximum Gasteiger partial charge on any atom is 0.335 e. The van der Waals surface area contributed by atoms with Gasteiger partial charge in [-0.15, -0.1) is 0 Å². The Morgan fingerprint density at radius 3 is 2.71 bits per heavy atom. The van der Waals surface area contributed by atoms with Crippen LogP contribution in [-0.4, -0.2) is 26.0 Å². The summed E-state index contributed by atoms with van der Waals surface area (Å²) in [6.45, 7) is 1.63. The van der Waals surface area contributed by atoms with Crippen molar-refractivity contribution in [3.05, 3.63) is 56.0 Å². The fourth-order valence-electron chi connectivity index (χ4n) is 1.58. The molecule has 1 aromatic heterocycles. The molecule has 8 nitrogen and oxygen atoms in total. The Morgan fingerprint density at radius 1 is 1.43 bits per heavy atom. The van der Waals surface area contributed by atoms with E-state index in [1.165, 1.54) is 18.2 Å². The summed E-state index contributed by atoms with van der Waals surface area (Å²) in [6, 6.07) is 4.84. The number of carbonyl (C=O) groups is 1. The second-order valence-corrected chi connectivity index (χ2v) is 5.07. The van der Waals surface area contributed by atoms with Crippen LogP contribution in [-0.2, 0) is 0 Å². The van der Waals surface area contributed by atoms with Crippen molar-refractivity contribution in [1.82, 2.24) is 9.97 Å². The van der Waals surface area contributed by atoms with Gasteiger partial charge >= 0.3 is 5.97 Å². The topological polar surface area (TPSA) is 126 Å². The second kappa shape index (κ2) is 5.75. The minimum Gasteiger partial charge on any atom is -0.478 e. The van der Waals surface area contributed by atoms with Crippen LogP contribution in [0.1, 0.15) is 16.1 Å². The molecule has 0 bridgehead atoms. The summed E-state index contributed by atoms with van der Waals surface area (Å²) in [7, 11) is 0. The Bertz CT molecular complexity index is 787. The number of hydrogen-bond donors (Lipinski definition) is 2. The highest BCUT2D eigenvalue weighted by Crippen LogP contribution is 2.33. The maximum absolute atomic E-state index is 11.3. The van der Waals surface area contributed by atoms with Gasteiger partial charge in [-0.05, 0) is 30.8 Å². The molecule has 0 aliphatic heterocycles. The molecule has 21 heavy (non-hydrogen) atoms. The van der Waals surface area contributed by atoms with Crippen LogP contribution < -0.4 is 5.56 Å². The van der Waals surface area contributed by atoms with Gasteiger partial charge in [0.1, 0.15) is 0 Å². The highest BCUT2D eigenvalue weighted by molar-refractivity contribution is 7.99. The molecule has 1 aromatic carbocycles. The number of nitrogens with one attached hydrogen (secondary N) is 1. The number of aromatic amines is 1. The zero-order chi connectivity index (χ0) is 15.6. The number of nitrogens with zero attached hydrogens (tertiary/aromatic N) is 2. The molecule has 0 saturated carbocycles. The smallest absolute Gasteiger partial charge is 0.335 e. The monoisotopic (exact) mass is 307 g/mol. The second-order valence-electron chi connectivity index (χ2n) is 4.04. The number of carboxylic acid groups (broad SMARTS) is 1. The number of carboxylic acids is 1. The van der Waals surface area contributed by atoms with Crippen molar-refractivity contribution in [2.24, 2.45) is 0 Å². The molecule has 0 spiro atoms. The molecule has 1 heterocycles. The molecule has 0 radical (unpaired) electrons. The molecule has 0 unspecified atom stereocenters. The number of benzene rings is 1. The van der Waals surface area contributed by atoms with E-state index in [-0.39, 0.29) is 26.9 Å². The summed E-state index contributed by atoms with van der Waals surface area (Å²) in [5.41, 5.74) is -0.429. The van der Waals surface area contributed by atoms with Crippen LogP contribution in [0.4, 0.5) is 5.69 Å². The molecule has 0 fully saturated rings. The van der Waals surface area contributed by atoms with Gasteiger partial charge < -0.3 is 10.1 Å². The fourth-order valence-corrected chi connectivity index (χ4v) is 2.51. The van der Waals surface area contributed by atoms with Gasteiger partial charge in [-0.25, -0.2) is 9.78 Å². The zero-order valence-corrected chi connectivity index (χ0v) is 11.5. The van der Waals surface area contributed by atoms with Crippen LogP contribution in [0.15, 0.2) is 39.1 Å². The maximum atomic E-state index is 11.3. The Balaban J connectivity index is 2.46. The summed E-state index contributed by atoms with van der Waals surface area (Å²) in [4.78, 5) is 39.2. The average molecular weight is 307 g/mol. The lowest BCUT2D eigenvalue weighted by atomic mass is 10.2. The van der Waals surface area contributed by atoms with E-state index in [1.807, 2.05) is 0 Å². The fraction of sp³-hybridized carbons (Fsp3) is 0.0833. The minimum atomic E-state index is -1.25. The van der Waals surface area contributed by atoms with Crippen molar-refractivity contribution in [1.29, 1.82) is 0 Å². The number of nitro groups is 1. The van der Waals surface area contributed by atoms with E-state index in [1.54, 1.807) is 6.92 Å². The summed E-state index contributed by atoms with van der Waals surface area (Å²) in [6.07, 6.45) is 0. The Labute approximate surface area is 122 Å². The molecule has 0 aliphatic carbocycles. The van der Waals surface area contributed by atoms with E-state index in [4.69, 9.17) is 5.11 Å². The Morgan fingerprint density at radius 2 is 2.14 bits per heavy atom. The lowest BCUT2D eigenvalue weighted by Crippen LogP contribution is -2.08. The first-order valence-corrected chi connectivity index (χ1v) is 6.46. The molecule has 0 amide bonds. The van der Waals surface area contributed by atoms with E-state index in [9.17, 15) is 19.7 Å². The molecule has 2 aromatic rings. The standard InChI is InChI=1S/C12H9N3O5S/c1-6-4-10(16)14-12(13-6)21-9-3-2-7(11(17)18)5-8(9)15(19)20/h2-5H,1H3,(H,17,18)(H,13,14,16). The molecular formula is C12H9N3O5S. The van der Waals surface area contributed by atoms with Gasteiger partial charge in [0.15, 0.2) is 5.16 Å². The number of aromatic carboxylic acids is 1.